The number of rotatable bonds is 6. The standard InChI is InChI=1S/C26H23F2IO7S/c27-26(28,37(32,33)34)13-35-24(30)22-20-16-8-1-3-10-18(16)21(19-11-4-2-9-17(19)20)23(22)25(31)36-15-7-5-6-14(29)12-15/h1-4,8-12,15,20-23H,5-7,13H2,(H,32,33,34). The van der Waals surface area contributed by atoms with Gasteiger partial charge in [0.25, 0.3) is 0 Å². The number of fused-ring (bicyclic) bond motifs is 1. The van der Waals surface area contributed by atoms with Crippen molar-refractivity contribution in [2.45, 2.75) is 42.5 Å². The predicted octanol–water partition coefficient (Wildman–Crippen LogP) is 4.95. The lowest BCUT2D eigenvalue weighted by Crippen LogP contribution is -2.49. The zero-order valence-electron chi connectivity index (χ0n) is 19.4. The van der Waals surface area contributed by atoms with Crippen LogP contribution in [-0.2, 0) is 29.2 Å². The van der Waals surface area contributed by atoms with E-state index in [-0.39, 0.29) is 0 Å². The minimum atomic E-state index is -5.80. The first-order valence-electron chi connectivity index (χ1n) is 11.8. The van der Waals surface area contributed by atoms with Gasteiger partial charge in [0, 0.05) is 11.8 Å². The third kappa shape index (κ3) is 4.69. The van der Waals surface area contributed by atoms with E-state index in [1.807, 2.05) is 42.5 Å². The van der Waals surface area contributed by atoms with E-state index in [0.717, 1.165) is 38.7 Å². The molecule has 0 aliphatic heterocycles. The number of allylic oxidation sites excluding steroid dienone is 1. The van der Waals surface area contributed by atoms with Crippen LogP contribution in [0.5, 0.6) is 0 Å². The average molecular weight is 644 g/mol. The summed E-state index contributed by atoms with van der Waals surface area (Å²) in [6.07, 6.45) is 3.75. The molecule has 196 valence electrons. The molecule has 1 N–H and O–H groups in total. The highest BCUT2D eigenvalue weighted by atomic mass is 127. The van der Waals surface area contributed by atoms with Crippen molar-refractivity contribution >= 4 is 44.6 Å². The summed E-state index contributed by atoms with van der Waals surface area (Å²) >= 11 is 2.19. The number of halogens is 3. The van der Waals surface area contributed by atoms with Gasteiger partial charge in [-0.3, -0.25) is 14.1 Å². The molecule has 37 heavy (non-hydrogen) atoms. The Balaban J connectivity index is 1.56. The van der Waals surface area contributed by atoms with Crippen LogP contribution in [0.25, 0.3) is 0 Å². The quantitative estimate of drug-likeness (QED) is 0.270. The number of ether oxygens (including phenoxy) is 2. The van der Waals surface area contributed by atoms with E-state index in [4.69, 9.17) is 14.0 Å². The fourth-order valence-corrected chi connectivity index (χ4v) is 6.72. The molecule has 0 aromatic heterocycles. The predicted molar refractivity (Wildman–Crippen MR) is 137 cm³/mol. The fourth-order valence-electron chi connectivity index (χ4n) is 5.73. The van der Waals surface area contributed by atoms with Gasteiger partial charge < -0.3 is 9.47 Å². The summed E-state index contributed by atoms with van der Waals surface area (Å²) in [4.78, 5) is 27.1. The first-order valence-corrected chi connectivity index (χ1v) is 14.3. The number of hydrogen-bond donors (Lipinski definition) is 1. The van der Waals surface area contributed by atoms with E-state index in [9.17, 15) is 26.8 Å². The number of benzene rings is 2. The van der Waals surface area contributed by atoms with Crippen LogP contribution in [-0.4, -0.2) is 42.9 Å². The normalized spacial score (nSPS) is 26.5. The summed E-state index contributed by atoms with van der Waals surface area (Å²) < 4.78 is 70.5. The van der Waals surface area contributed by atoms with Crippen LogP contribution in [0.2, 0.25) is 0 Å². The van der Waals surface area contributed by atoms with Gasteiger partial charge >= 0.3 is 27.3 Å². The second-order valence-corrected chi connectivity index (χ2v) is 12.4. The Labute approximate surface area is 226 Å². The Morgan fingerprint density at radius 2 is 1.43 bits per heavy atom. The summed E-state index contributed by atoms with van der Waals surface area (Å²) in [6, 6.07) is 14.6. The van der Waals surface area contributed by atoms with Gasteiger partial charge in [-0.1, -0.05) is 48.5 Å². The van der Waals surface area contributed by atoms with Crippen molar-refractivity contribution in [2.24, 2.45) is 11.8 Å². The zero-order chi connectivity index (χ0) is 26.5. The third-order valence-electron chi connectivity index (χ3n) is 7.28. The molecule has 11 heteroatoms. The van der Waals surface area contributed by atoms with Crippen LogP contribution in [0, 0.1) is 11.8 Å². The van der Waals surface area contributed by atoms with Gasteiger partial charge in [0.15, 0.2) is 6.61 Å². The Hall–Kier alpha value is -2.38. The van der Waals surface area contributed by atoms with Gasteiger partial charge in [0.2, 0.25) is 0 Å². The van der Waals surface area contributed by atoms with Crippen LogP contribution in [0.15, 0.2) is 58.2 Å². The lowest BCUT2D eigenvalue weighted by Gasteiger charge is -2.48. The minimum absolute atomic E-state index is 0.473. The van der Waals surface area contributed by atoms with E-state index in [2.05, 4.69) is 22.6 Å². The molecule has 0 saturated heterocycles. The summed E-state index contributed by atoms with van der Waals surface area (Å²) in [5.41, 5.74) is 3.22. The van der Waals surface area contributed by atoms with Gasteiger partial charge in [-0.2, -0.15) is 17.2 Å². The first-order chi connectivity index (χ1) is 17.5. The van der Waals surface area contributed by atoms with E-state index in [1.165, 1.54) is 0 Å². The molecule has 0 amide bonds. The second-order valence-electron chi connectivity index (χ2n) is 9.47. The molecule has 2 bridgehead atoms. The number of carbonyl (C=O) groups excluding carboxylic acids is 2. The maximum absolute atomic E-state index is 13.9. The van der Waals surface area contributed by atoms with Crippen molar-refractivity contribution in [2.75, 3.05) is 6.61 Å². The molecule has 0 spiro atoms. The van der Waals surface area contributed by atoms with E-state index >= 15 is 0 Å². The first kappa shape index (κ1) is 26.2. The molecule has 0 heterocycles. The van der Waals surface area contributed by atoms with Crippen LogP contribution in [0.4, 0.5) is 8.78 Å². The van der Waals surface area contributed by atoms with Crippen LogP contribution < -0.4 is 0 Å². The number of esters is 2. The molecule has 6 rings (SSSR count). The SMILES string of the molecule is O=C(OCC(F)(F)S(=O)(=O)O)C1C2c3ccccc3C(c3ccccc32)C1C(=O)OC1C=C(I)CCC1. The second kappa shape index (κ2) is 9.73. The Kier molecular flexibility index (Phi) is 6.90. The lowest BCUT2D eigenvalue weighted by molar-refractivity contribution is -0.168. The number of carbonyl (C=O) groups is 2. The molecule has 4 aliphatic rings. The van der Waals surface area contributed by atoms with E-state index in [0.29, 0.717) is 6.42 Å². The smallest absolute Gasteiger partial charge is 0.402 e. The molecule has 2 aromatic carbocycles. The van der Waals surface area contributed by atoms with Gasteiger partial charge in [0.1, 0.15) is 6.10 Å². The third-order valence-corrected chi connectivity index (χ3v) is 9.05. The monoisotopic (exact) mass is 644 g/mol. The summed E-state index contributed by atoms with van der Waals surface area (Å²) in [5.74, 6) is -5.38. The van der Waals surface area contributed by atoms with Gasteiger partial charge in [0.05, 0.1) is 11.8 Å². The molecule has 0 saturated carbocycles. The topological polar surface area (TPSA) is 107 Å². The van der Waals surface area contributed by atoms with Crippen molar-refractivity contribution in [1.82, 2.24) is 0 Å². The Morgan fingerprint density at radius 1 is 0.946 bits per heavy atom. The van der Waals surface area contributed by atoms with Gasteiger partial charge in [-0.25, -0.2) is 0 Å². The van der Waals surface area contributed by atoms with Gasteiger partial charge in [-0.05, 0) is 73.8 Å². The largest absolute Gasteiger partial charge is 0.458 e. The summed E-state index contributed by atoms with van der Waals surface area (Å²) in [6.45, 7) is -1.87. The lowest BCUT2D eigenvalue weighted by atomic mass is 9.54. The van der Waals surface area contributed by atoms with Crippen LogP contribution in [0.3, 0.4) is 0 Å². The fraction of sp³-hybridized carbons (Fsp3) is 0.385. The van der Waals surface area contributed by atoms with Crippen LogP contribution in [0.1, 0.15) is 53.4 Å². The van der Waals surface area contributed by atoms with Crippen molar-refractivity contribution in [3.63, 3.8) is 0 Å². The highest BCUT2D eigenvalue weighted by Gasteiger charge is 2.57. The summed E-state index contributed by atoms with van der Waals surface area (Å²) in [7, 11) is -5.80. The molecule has 4 aliphatic carbocycles. The molecular formula is C26H23F2IO7S. The van der Waals surface area contributed by atoms with Crippen molar-refractivity contribution in [3.05, 3.63) is 80.4 Å². The molecule has 0 fully saturated rings. The molecule has 0 radical (unpaired) electrons. The van der Waals surface area contributed by atoms with Crippen molar-refractivity contribution < 1.29 is 40.8 Å². The zero-order valence-corrected chi connectivity index (χ0v) is 22.3. The van der Waals surface area contributed by atoms with Gasteiger partial charge in [-0.15, -0.1) is 0 Å². The maximum atomic E-state index is 13.9. The number of hydrogen-bond acceptors (Lipinski definition) is 6. The van der Waals surface area contributed by atoms with E-state index < -0.39 is 63.7 Å². The molecule has 7 nitrogen and oxygen atoms in total. The van der Waals surface area contributed by atoms with E-state index in [1.54, 1.807) is 12.1 Å². The highest BCUT2D eigenvalue weighted by Crippen LogP contribution is 2.59. The van der Waals surface area contributed by atoms with Crippen molar-refractivity contribution in [1.29, 1.82) is 0 Å². The Morgan fingerprint density at radius 3 is 1.89 bits per heavy atom. The molecule has 3 unspecified atom stereocenters. The number of alkyl halides is 2. The maximum Gasteiger partial charge on any atom is 0.402 e. The molecular weight excluding hydrogens is 621 g/mol. The average Bonchev–Trinajstić information content (AvgIpc) is 2.86. The Bertz CT molecular complexity index is 1340. The van der Waals surface area contributed by atoms with Crippen molar-refractivity contribution in [3.8, 4) is 0 Å². The highest BCUT2D eigenvalue weighted by molar-refractivity contribution is 14.1. The molecule has 3 atom stereocenters. The molecule has 2 aromatic rings. The summed E-state index contributed by atoms with van der Waals surface area (Å²) in [5, 5.41) is -4.69. The minimum Gasteiger partial charge on any atom is -0.458 e. The van der Waals surface area contributed by atoms with Crippen LogP contribution >= 0.6 is 22.6 Å².